The molecule has 2 aromatic heterocycles. The molecule has 0 spiro atoms. The minimum atomic E-state index is -1.21. The number of hydrogen-bond acceptors (Lipinski definition) is 7. The Morgan fingerprint density at radius 2 is 2.12 bits per heavy atom. The normalized spacial score (nSPS) is 12.0. The van der Waals surface area contributed by atoms with Gasteiger partial charge in [0.2, 0.25) is 5.89 Å². The number of para-hydroxylation sites is 2. The number of rotatable bonds is 5. The molecule has 0 saturated carbocycles. The summed E-state index contributed by atoms with van der Waals surface area (Å²) in [4.78, 5) is 31.4. The lowest BCUT2D eigenvalue weighted by molar-refractivity contribution is -0.386. The van der Waals surface area contributed by atoms with Gasteiger partial charge in [0.05, 0.1) is 11.5 Å². The fourth-order valence-electron chi connectivity index (χ4n) is 2.35. The molecule has 0 fully saturated rings. The van der Waals surface area contributed by atoms with Gasteiger partial charge in [-0.25, -0.2) is 4.98 Å². The summed E-state index contributed by atoms with van der Waals surface area (Å²) >= 11 is 0. The number of nitro groups is 1. The highest BCUT2D eigenvalue weighted by Gasteiger charge is 2.36. The third kappa shape index (κ3) is 2.81. The Bertz CT molecular complexity index is 872. The van der Waals surface area contributed by atoms with Crippen molar-refractivity contribution >= 4 is 22.8 Å². The molecule has 0 aliphatic rings. The zero-order valence-corrected chi connectivity index (χ0v) is 12.7. The molecule has 0 amide bonds. The number of nitrogens with zero attached hydrogens (tertiary/aromatic N) is 3. The number of oxazole rings is 1. The van der Waals surface area contributed by atoms with Crippen LogP contribution in [0.4, 0.5) is 5.69 Å². The van der Waals surface area contributed by atoms with Crippen LogP contribution < -0.4 is 0 Å². The number of aromatic nitrogens is 2. The van der Waals surface area contributed by atoms with Gasteiger partial charge in [0.25, 0.3) is 5.69 Å². The van der Waals surface area contributed by atoms with Crippen molar-refractivity contribution in [3.8, 4) is 0 Å². The van der Waals surface area contributed by atoms with Gasteiger partial charge in [0.15, 0.2) is 11.5 Å². The van der Waals surface area contributed by atoms with Gasteiger partial charge < -0.3 is 9.15 Å². The van der Waals surface area contributed by atoms with Crippen LogP contribution in [0.1, 0.15) is 24.4 Å². The predicted octanol–water partition coefficient (Wildman–Crippen LogP) is 2.83. The second-order valence-electron chi connectivity index (χ2n) is 4.87. The second kappa shape index (κ2) is 6.45. The predicted molar refractivity (Wildman–Crippen MR) is 83.4 cm³/mol. The fourth-order valence-corrected chi connectivity index (χ4v) is 2.35. The molecule has 8 heteroatoms. The Morgan fingerprint density at radius 1 is 1.33 bits per heavy atom. The Labute approximate surface area is 136 Å². The molecule has 0 bridgehead atoms. The molecule has 24 heavy (non-hydrogen) atoms. The average Bonchev–Trinajstić information content (AvgIpc) is 2.99. The summed E-state index contributed by atoms with van der Waals surface area (Å²) in [5.41, 5.74) is 0.658. The summed E-state index contributed by atoms with van der Waals surface area (Å²) in [5, 5.41) is 11.3. The van der Waals surface area contributed by atoms with Crippen LogP contribution in [0, 0.1) is 10.1 Å². The van der Waals surface area contributed by atoms with E-state index >= 15 is 0 Å². The average molecular weight is 327 g/mol. The minimum absolute atomic E-state index is 0.0106. The fraction of sp³-hybridized carbons (Fsp3) is 0.188. The molecule has 3 rings (SSSR count). The Hall–Kier alpha value is -3.29. The van der Waals surface area contributed by atoms with Crippen LogP contribution in [-0.4, -0.2) is 27.5 Å². The molecule has 2 heterocycles. The Kier molecular flexibility index (Phi) is 4.19. The van der Waals surface area contributed by atoms with Gasteiger partial charge in [-0.15, -0.1) is 0 Å². The summed E-state index contributed by atoms with van der Waals surface area (Å²) in [5.74, 6) is -1.90. The van der Waals surface area contributed by atoms with Crippen molar-refractivity contribution in [2.45, 2.75) is 12.8 Å². The number of benzene rings is 1. The number of ether oxygens (including phenoxy) is 1. The van der Waals surface area contributed by atoms with Gasteiger partial charge in [0, 0.05) is 12.3 Å². The number of pyridine rings is 1. The SMILES string of the molecule is CCOC(=O)C(c1nc2ccccc2o1)c1ncccc1[N+](=O)[O-]. The van der Waals surface area contributed by atoms with E-state index in [-0.39, 0.29) is 23.9 Å². The largest absolute Gasteiger partial charge is 0.465 e. The van der Waals surface area contributed by atoms with E-state index in [1.165, 1.54) is 18.3 Å². The first-order valence-corrected chi connectivity index (χ1v) is 7.23. The number of hydrogen-bond donors (Lipinski definition) is 0. The third-order valence-corrected chi connectivity index (χ3v) is 3.37. The molecule has 0 radical (unpaired) electrons. The molecule has 3 aromatic rings. The molecule has 1 unspecified atom stereocenters. The molecule has 0 aliphatic heterocycles. The third-order valence-electron chi connectivity index (χ3n) is 3.37. The van der Waals surface area contributed by atoms with E-state index in [1.54, 1.807) is 31.2 Å². The molecule has 0 N–H and O–H groups in total. The minimum Gasteiger partial charge on any atom is -0.465 e. The Morgan fingerprint density at radius 3 is 2.83 bits per heavy atom. The molecule has 8 nitrogen and oxygen atoms in total. The van der Waals surface area contributed by atoms with E-state index in [9.17, 15) is 14.9 Å². The summed E-state index contributed by atoms with van der Waals surface area (Å²) in [6.07, 6.45) is 1.37. The Balaban J connectivity index is 2.17. The van der Waals surface area contributed by atoms with Gasteiger partial charge in [-0.1, -0.05) is 12.1 Å². The second-order valence-corrected chi connectivity index (χ2v) is 4.87. The number of carbonyl (C=O) groups is 1. The van der Waals surface area contributed by atoms with Gasteiger partial charge >= 0.3 is 5.97 Å². The van der Waals surface area contributed by atoms with Gasteiger partial charge in [-0.05, 0) is 25.1 Å². The van der Waals surface area contributed by atoms with Gasteiger partial charge in [0.1, 0.15) is 11.2 Å². The first-order chi connectivity index (χ1) is 11.6. The van der Waals surface area contributed by atoms with Crippen LogP contribution in [0.25, 0.3) is 11.1 Å². The van der Waals surface area contributed by atoms with Crippen LogP contribution >= 0.6 is 0 Å². The number of fused-ring (bicyclic) bond motifs is 1. The summed E-state index contributed by atoms with van der Waals surface area (Å²) in [7, 11) is 0. The first-order valence-electron chi connectivity index (χ1n) is 7.23. The summed E-state index contributed by atoms with van der Waals surface area (Å²) in [6, 6.07) is 9.66. The maximum absolute atomic E-state index is 12.4. The van der Waals surface area contributed by atoms with Crippen molar-refractivity contribution in [1.82, 2.24) is 9.97 Å². The highest BCUT2D eigenvalue weighted by Crippen LogP contribution is 2.32. The van der Waals surface area contributed by atoms with Gasteiger partial charge in [-0.2, -0.15) is 0 Å². The van der Waals surface area contributed by atoms with Crippen LogP contribution in [-0.2, 0) is 9.53 Å². The summed E-state index contributed by atoms with van der Waals surface area (Å²) in [6.45, 7) is 1.77. The zero-order chi connectivity index (χ0) is 17.1. The molecular formula is C16H13N3O5. The van der Waals surface area contributed by atoms with Crippen molar-refractivity contribution in [2.24, 2.45) is 0 Å². The monoisotopic (exact) mass is 327 g/mol. The maximum atomic E-state index is 12.4. The smallest absolute Gasteiger partial charge is 0.324 e. The standard InChI is InChI=1S/C16H13N3O5/c1-2-23-16(20)13(14-11(19(21)22)7-5-9-17-14)15-18-10-6-3-4-8-12(10)24-15/h3-9,13H,2H2,1H3. The van der Waals surface area contributed by atoms with E-state index in [2.05, 4.69) is 9.97 Å². The molecule has 122 valence electrons. The van der Waals surface area contributed by atoms with Crippen molar-refractivity contribution < 1.29 is 18.9 Å². The van der Waals surface area contributed by atoms with E-state index in [0.29, 0.717) is 11.1 Å². The summed E-state index contributed by atoms with van der Waals surface area (Å²) < 4.78 is 10.7. The molecule has 1 atom stereocenters. The van der Waals surface area contributed by atoms with Crippen molar-refractivity contribution in [2.75, 3.05) is 6.61 Å². The van der Waals surface area contributed by atoms with Crippen LogP contribution in [0.5, 0.6) is 0 Å². The van der Waals surface area contributed by atoms with Crippen molar-refractivity contribution in [1.29, 1.82) is 0 Å². The zero-order valence-electron chi connectivity index (χ0n) is 12.7. The maximum Gasteiger partial charge on any atom is 0.324 e. The topological polar surface area (TPSA) is 108 Å². The van der Waals surface area contributed by atoms with E-state index < -0.39 is 16.8 Å². The van der Waals surface area contributed by atoms with E-state index in [0.717, 1.165) is 0 Å². The van der Waals surface area contributed by atoms with Crippen molar-refractivity contribution in [3.63, 3.8) is 0 Å². The van der Waals surface area contributed by atoms with E-state index in [4.69, 9.17) is 9.15 Å². The van der Waals surface area contributed by atoms with Crippen LogP contribution in [0.2, 0.25) is 0 Å². The lowest BCUT2D eigenvalue weighted by atomic mass is 10.0. The highest BCUT2D eigenvalue weighted by molar-refractivity contribution is 5.83. The number of esters is 1. The first kappa shape index (κ1) is 15.6. The van der Waals surface area contributed by atoms with Crippen LogP contribution in [0.15, 0.2) is 47.0 Å². The quantitative estimate of drug-likeness (QED) is 0.402. The lowest BCUT2D eigenvalue weighted by Crippen LogP contribution is -2.20. The molecule has 0 saturated heterocycles. The van der Waals surface area contributed by atoms with E-state index in [1.807, 2.05) is 0 Å². The van der Waals surface area contributed by atoms with Crippen LogP contribution in [0.3, 0.4) is 0 Å². The van der Waals surface area contributed by atoms with Crippen molar-refractivity contribution in [3.05, 3.63) is 64.3 Å². The molecule has 1 aromatic carbocycles. The number of carbonyl (C=O) groups excluding carboxylic acids is 1. The molecular weight excluding hydrogens is 314 g/mol. The van der Waals surface area contributed by atoms with Gasteiger partial charge in [-0.3, -0.25) is 19.9 Å². The highest BCUT2D eigenvalue weighted by atomic mass is 16.6. The lowest BCUT2D eigenvalue weighted by Gasteiger charge is -2.11. The molecule has 0 aliphatic carbocycles.